The lowest BCUT2D eigenvalue weighted by Crippen LogP contribution is -2.13. The van der Waals surface area contributed by atoms with Gasteiger partial charge in [-0.15, -0.1) is 0 Å². The van der Waals surface area contributed by atoms with E-state index in [1.165, 1.54) is 18.3 Å². The summed E-state index contributed by atoms with van der Waals surface area (Å²) in [5.74, 6) is -1.54. The van der Waals surface area contributed by atoms with Gasteiger partial charge in [0.25, 0.3) is 5.91 Å². The highest BCUT2D eigenvalue weighted by Crippen LogP contribution is 2.21. The Bertz CT molecular complexity index is 686. The van der Waals surface area contributed by atoms with Gasteiger partial charge in [0, 0.05) is 3.57 Å². The summed E-state index contributed by atoms with van der Waals surface area (Å²) in [5.41, 5.74) is 0.988. The Morgan fingerprint density at radius 2 is 2.00 bits per heavy atom. The summed E-state index contributed by atoms with van der Waals surface area (Å²) in [6.45, 7) is 0. The summed E-state index contributed by atoms with van der Waals surface area (Å²) in [5, 5.41) is 20.9. The number of rotatable bonds is 4. The number of carbonyl (C=O) groups is 2. The van der Waals surface area contributed by atoms with E-state index >= 15 is 0 Å². The van der Waals surface area contributed by atoms with Gasteiger partial charge < -0.3 is 15.5 Å². The van der Waals surface area contributed by atoms with Gasteiger partial charge in [0.1, 0.15) is 5.75 Å². The number of aromatic nitrogens is 1. The van der Waals surface area contributed by atoms with Crippen molar-refractivity contribution < 1.29 is 19.8 Å². The molecule has 108 valence electrons. The average molecular weight is 398 g/mol. The molecular formula is C14H11IN2O4. The molecule has 1 aromatic heterocycles. The summed E-state index contributed by atoms with van der Waals surface area (Å²) < 4.78 is 0.825. The van der Waals surface area contributed by atoms with Crippen molar-refractivity contribution in [1.29, 1.82) is 0 Å². The maximum absolute atomic E-state index is 12.1. The molecule has 7 heteroatoms. The summed E-state index contributed by atoms with van der Waals surface area (Å²) in [4.78, 5) is 26.5. The number of amides is 1. The Balaban J connectivity index is 2.12. The maximum Gasteiger partial charge on any atom is 0.309 e. The predicted molar refractivity (Wildman–Crippen MR) is 84.4 cm³/mol. The lowest BCUT2D eigenvalue weighted by Gasteiger charge is -2.07. The topological polar surface area (TPSA) is 99.5 Å². The standard InChI is InChI=1S/C14H11IN2O4/c15-8-1-4-12(18)11(5-8)14(21)17-10-3-2-9(16-7-10)6-13(19)20/h1-5,7,18H,6H2,(H,17,21)(H,19,20). The smallest absolute Gasteiger partial charge is 0.309 e. The Kier molecular flexibility index (Phi) is 4.73. The number of carbonyl (C=O) groups excluding carboxylic acids is 1. The van der Waals surface area contributed by atoms with Crippen molar-refractivity contribution in [1.82, 2.24) is 4.98 Å². The number of phenolic OH excluding ortho intramolecular Hbond substituents is 1. The number of nitrogens with one attached hydrogen (secondary N) is 1. The lowest BCUT2D eigenvalue weighted by atomic mass is 10.2. The molecule has 0 radical (unpaired) electrons. The molecule has 0 saturated carbocycles. The van der Waals surface area contributed by atoms with E-state index in [4.69, 9.17) is 5.11 Å². The molecule has 0 spiro atoms. The van der Waals surface area contributed by atoms with E-state index in [1.54, 1.807) is 18.2 Å². The van der Waals surface area contributed by atoms with Gasteiger partial charge in [-0.05, 0) is 52.9 Å². The third kappa shape index (κ3) is 4.15. The van der Waals surface area contributed by atoms with E-state index in [1.807, 2.05) is 22.6 Å². The van der Waals surface area contributed by atoms with Crippen molar-refractivity contribution in [3.63, 3.8) is 0 Å². The first-order valence-electron chi connectivity index (χ1n) is 5.92. The highest BCUT2D eigenvalue weighted by molar-refractivity contribution is 14.1. The third-order valence-corrected chi connectivity index (χ3v) is 3.29. The van der Waals surface area contributed by atoms with Crippen LogP contribution in [0.3, 0.4) is 0 Å². The molecule has 2 rings (SSSR count). The van der Waals surface area contributed by atoms with Gasteiger partial charge in [0.2, 0.25) is 0 Å². The molecule has 1 aromatic carbocycles. The van der Waals surface area contributed by atoms with Crippen LogP contribution in [0.5, 0.6) is 5.75 Å². The molecule has 0 fully saturated rings. The third-order valence-electron chi connectivity index (χ3n) is 2.62. The molecule has 0 aliphatic rings. The number of hydrogen-bond acceptors (Lipinski definition) is 4. The van der Waals surface area contributed by atoms with Crippen molar-refractivity contribution in [2.75, 3.05) is 5.32 Å². The van der Waals surface area contributed by atoms with Crippen molar-refractivity contribution in [2.45, 2.75) is 6.42 Å². The van der Waals surface area contributed by atoms with Crippen LogP contribution in [0.25, 0.3) is 0 Å². The number of benzene rings is 1. The molecule has 0 atom stereocenters. The quantitative estimate of drug-likeness (QED) is 0.687. The maximum atomic E-state index is 12.1. The Hall–Kier alpha value is -2.16. The molecular weight excluding hydrogens is 387 g/mol. The summed E-state index contributed by atoms with van der Waals surface area (Å²) in [6, 6.07) is 7.80. The molecule has 6 nitrogen and oxygen atoms in total. The van der Waals surface area contributed by atoms with Crippen LogP contribution >= 0.6 is 22.6 Å². The van der Waals surface area contributed by atoms with Crippen LogP contribution in [0.4, 0.5) is 5.69 Å². The zero-order valence-electron chi connectivity index (χ0n) is 10.7. The van der Waals surface area contributed by atoms with Crippen molar-refractivity contribution >= 4 is 40.2 Å². The van der Waals surface area contributed by atoms with Crippen molar-refractivity contribution in [3.05, 3.63) is 51.4 Å². The zero-order valence-corrected chi connectivity index (χ0v) is 12.9. The Morgan fingerprint density at radius 3 is 2.62 bits per heavy atom. The van der Waals surface area contributed by atoms with Gasteiger partial charge in [0.15, 0.2) is 0 Å². The molecule has 3 N–H and O–H groups in total. The Morgan fingerprint density at radius 1 is 1.24 bits per heavy atom. The van der Waals surface area contributed by atoms with Crippen molar-refractivity contribution in [2.24, 2.45) is 0 Å². The van der Waals surface area contributed by atoms with E-state index in [2.05, 4.69) is 10.3 Å². The number of pyridine rings is 1. The molecule has 0 aliphatic heterocycles. The van der Waals surface area contributed by atoms with Crippen LogP contribution in [0, 0.1) is 3.57 Å². The van der Waals surface area contributed by atoms with E-state index in [0.29, 0.717) is 11.4 Å². The zero-order chi connectivity index (χ0) is 15.4. The molecule has 0 unspecified atom stereocenters. The highest BCUT2D eigenvalue weighted by atomic mass is 127. The number of carboxylic acids is 1. The number of nitrogens with zero attached hydrogens (tertiary/aromatic N) is 1. The molecule has 1 amide bonds. The second-order valence-corrected chi connectivity index (χ2v) is 5.47. The number of aromatic hydroxyl groups is 1. The van der Waals surface area contributed by atoms with Crippen LogP contribution in [0.1, 0.15) is 16.1 Å². The fourth-order valence-electron chi connectivity index (χ4n) is 1.65. The second-order valence-electron chi connectivity index (χ2n) is 4.22. The SMILES string of the molecule is O=C(O)Cc1ccc(NC(=O)c2cc(I)ccc2O)cn1. The summed E-state index contributed by atoms with van der Waals surface area (Å²) >= 11 is 2.04. The average Bonchev–Trinajstić information content (AvgIpc) is 2.43. The van der Waals surface area contributed by atoms with Gasteiger partial charge in [0.05, 0.1) is 29.6 Å². The van der Waals surface area contributed by atoms with Gasteiger partial charge in [-0.3, -0.25) is 14.6 Å². The van der Waals surface area contributed by atoms with Crippen LogP contribution in [0.15, 0.2) is 36.5 Å². The molecule has 0 aliphatic carbocycles. The van der Waals surface area contributed by atoms with Gasteiger partial charge in [-0.2, -0.15) is 0 Å². The van der Waals surface area contributed by atoms with Gasteiger partial charge >= 0.3 is 5.97 Å². The highest BCUT2D eigenvalue weighted by Gasteiger charge is 2.12. The number of hydrogen-bond donors (Lipinski definition) is 3. The first-order chi connectivity index (χ1) is 9.95. The van der Waals surface area contributed by atoms with Crippen molar-refractivity contribution in [3.8, 4) is 5.75 Å². The fourth-order valence-corrected chi connectivity index (χ4v) is 2.14. The van der Waals surface area contributed by atoms with Crippen LogP contribution < -0.4 is 5.32 Å². The lowest BCUT2D eigenvalue weighted by molar-refractivity contribution is -0.136. The number of phenols is 1. The van der Waals surface area contributed by atoms with Crippen LogP contribution in [0.2, 0.25) is 0 Å². The minimum absolute atomic E-state index is 0.108. The summed E-state index contributed by atoms with van der Waals surface area (Å²) in [7, 11) is 0. The van der Waals surface area contributed by atoms with Crippen LogP contribution in [-0.2, 0) is 11.2 Å². The molecule has 2 aromatic rings. The van der Waals surface area contributed by atoms with Gasteiger partial charge in [-0.25, -0.2) is 0 Å². The molecule has 1 heterocycles. The second kappa shape index (κ2) is 6.53. The first-order valence-corrected chi connectivity index (χ1v) is 7.00. The number of halogens is 1. The van der Waals surface area contributed by atoms with E-state index in [-0.39, 0.29) is 17.7 Å². The first kappa shape index (κ1) is 15.2. The molecule has 0 saturated heterocycles. The monoisotopic (exact) mass is 398 g/mol. The molecule has 21 heavy (non-hydrogen) atoms. The minimum atomic E-state index is -0.969. The molecule has 0 bridgehead atoms. The number of anilines is 1. The van der Waals surface area contributed by atoms with Gasteiger partial charge in [-0.1, -0.05) is 0 Å². The van der Waals surface area contributed by atoms with E-state index in [9.17, 15) is 14.7 Å². The largest absolute Gasteiger partial charge is 0.507 e. The van der Waals surface area contributed by atoms with E-state index < -0.39 is 11.9 Å². The van der Waals surface area contributed by atoms with E-state index in [0.717, 1.165) is 3.57 Å². The number of carboxylic acid groups (broad SMARTS) is 1. The predicted octanol–water partition coefficient (Wildman–Crippen LogP) is 2.27. The Labute approximate surface area is 134 Å². The minimum Gasteiger partial charge on any atom is -0.507 e. The number of aliphatic carboxylic acids is 1. The summed E-state index contributed by atoms with van der Waals surface area (Å²) in [6.07, 6.45) is 1.20. The normalized spacial score (nSPS) is 10.1. The fraction of sp³-hybridized carbons (Fsp3) is 0.0714. The van der Waals surface area contributed by atoms with Crippen LogP contribution in [-0.4, -0.2) is 27.1 Å².